The summed E-state index contributed by atoms with van der Waals surface area (Å²) in [6, 6.07) is 6.79. The molecule has 1 aliphatic carbocycles. The second-order valence-electron chi connectivity index (χ2n) is 6.53. The van der Waals surface area contributed by atoms with Crippen molar-refractivity contribution >= 4 is 11.9 Å². The lowest BCUT2D eigenvalue weighted by Crippen LogP contribution is -2.34. The number of hydrogen-bond donors (Lipinski definition) is 2. The standard InChI is InChI=1S/C18H22F3NO4/c19-18(20,21)11-26-10-13-3-1-12(2-4-13)9-22-16(23)14-5-7-15(8-6-14)17(24)25/h1-4,14-15H,5-11H2,(H,22,23)(H,24,25). The molecule has 0 heterocycles. The predicted molar refractivity (Wildman–Crippen MR) is 87.1 cm³/mol. The Labute approximate surface area is 149 Å². The molecule has 2 rings (SSSR count). The first kappa shape index (κ1) is 20.2. The summed E-state index contributed by atoms with van der Waals surface area (Å²) in [5, 5.41) is 11.8. The smallest absolute Gasteiger partial charge is 0.411 e. The molecule has 1 fully saturated rings. The third-order valence-corrected chi connectivity index (χ3v) is 4.47. The van der Waals surface area contributed by atoms with E-state index in [1.165, 1.54) is 0 Å². The molecule has 144 valence electrons. The van der Waals surface area contributed by atoms with Crippen molar-refractivity contribution in [2.45, 2.75) is 45.0 Å². The summed E-state index contributed by atoms with van der Waals surface area (Å²) in [6.45, 7) is -1.09. The van der Waals surface area contributed by atoms with Crippen LogP contribution in [0.4, 0.5) is 13.2 Å². The van der Waals surface area contributed by atoms with Gasteiger partial charge in [-0.15, -0.1) is 0 Å². The fourth-order valence-corrected chi connectivity index (χ4v) is 2.97. The third kappa shape index (κ3) is 6.67. The number of rotatable bonds is 7. The molecule has 0 unspecified atom stereocenters. The van der Waals surface area contributed by atoms with E-state index in [1.807, 2.05) is 0 Å². The number of nitrogens with one attached hydrogen (secondary N) is 1. The number of carbonyl (C=O) groups excluding carboxylic acids is 1. The molecule has 1 saturated carbocycles. The number of aliphatic carboxylic acids is 1. The second kappa shape index (κ2) is 9.02. The van der Waals surface area contributed by atoms with Crippen LogP contribution in [0.15, 0.2) is 24.3 Å². The van der Waals surface area contributed by atoms with Crippen molar-refractivity contribution in [3.8, 4) is 0 Å². The highest BCUT2D eigenvalue weighted by molar-refractivity contribution is 5.79. The topological polar surface area (TPSA) is 75.6 Å². The van der Waals surface area contributed by atoms with Gasteiger partial charge in [-0.3, -0.25) is 9.59 Å². The summed E-state index contributed by atoms with van der Waals surface area (Å²) in [5.74, 6) is -1.42. The minimum absolute atomic E-state index is 0.0913. The van der Waals surface area contributed by atoms with Crippen molar-refractivity contribution in [2.24, 2.45) is 11.8 Å². The van der Waals surface area contributed by atoms with Crippen LogP contribution in [0.1, 0.15) is 36.8 Å². The average molecular weight is 373 g/mol. The maximum atomic E-state index is 12.2. The molecule has 1 aromatic carbocycles. The van der Waals surface area contributed by atoms with Crippen LogP contribution in [0.3, 0.4) is 0 Å². The van der Waals surface area contributed by atoms with Gasteiger partial charge in [0.05, 0.1) is 12.5 Å². The Morgan fingerprint density at radius 3 is 2.12 bits per heavy atom. The Bertz CT molecular complexity index is 608. The van der Waals surface area contributed by atoms with Gasteiger partial charge in [0, 0.05) is 12.5 Å². The normalized spacial score (nSPS) is 20.6. The highest BCUT2D eigenvalue weighted by Gasteiger charge is 2.29. The lowest BCUT2D eigenvalue weighted by molar-refractivity contribution is -0.176. The fourth-order valence-electron chi connectivity index (χ4n) is 2.97. The molecule has 1 amide bonds. The average Bonchev–Trinajstić information content (AvgIpc) is 2.60. The summed E-state index contributed by atoms with van der Waals surface area (Å²) in [5.41, 5.74) is 1.45. The van der Waals surface area contributed by atoms with E-state index in [0.29, 0.717) is 37.8 Å². The molecule has 0 saturated heterocycles. The Morgan fingerprint density at radius 1 is 1.04 bits per heavy atom. The third-order valence-electron chi connectivity index (χ3n) is 4.47. The first-order valence-electron chi connectivity index (χ1n) is 8.47. The van der Waals surface area contributed by atoms with Gasteiger partial charge in [-0.05, 0) is 36.8 Å². The van der Waals surface area contributed by atoms with Crippen LogP contribution in [0.2, 0.25) is 0 Å². The van der Waals surface area contributed by atoms with E-state index in [2.05, 4.69) is 10.1 Å². The van der Waals surface area contributed by atoms with E-state index >= 15 is 0 Å². The van der Waals surface area contributed by atoms with Crippen molar-refractivity contribution < 1.29 is 32.6 Å². The zero-order valence-corrected chi connectivity index (χ0v) is 14.2. The number of hydrogen-bond acceptors (Lipinski definition) is 3. The van der Waals surface area contributed by atoms with Crippen LogP contribution in [-0.2, 0) is 27.5 Å². The summed E-state index contributed by atoms with van der Waals surface area (Å²) in [4.78, 5) is 23.1. The second-order valence-corrected chi connectivity index (χ2v) is 6.53. The van der Waals surface area contributed by atoms with Crippen LogP contribution < -0.4 is 5.32 Å². The summed E-state index contributed by atoms with van der Waals surface area (Å²) in [6.07, 6.45) is -2.18. The van der Waals surface area contributed by atoms with Crippen molar-refractivity contribution in [1.29, 1.82) is 0 Å². The summed E-state index contributed by atoms with van der Waals surface area (Å²) < 4.78 is 40.6. The number of benzene rings is 1. The van der Waals surface area contributed by atoms with Crippen LogP contribution in [0, 0.1) is 11.8 Å². The first-order valence-corrected chi connectivity index (χ1v) is 8.47. The van der Waals surface area contributed by atoms with Crippen LogP contribution >= 0.6 is 0 Å². The molecule has 0 spiro atoms. The molecular weight excluding hydrogens is 351 g/mol. The van der Waals surface area contributed by atoms with Gasteiger partial charge in [-0.25, -0.2) is 0 Å². The van der Waals surface area contributed by atoms with E-state index in [1.54, 1.807) is 24.3 Å². The highest BCUT2D eigenvalue weighted by Crippen LogP contribution is 2.29. The number of carboxylic acids is 1. The molecule has 5 nitrogen and oxygen atoms in total. The fraction of sp³-hybridized carbons (Fsp3) is 0.556. The Kier molecular flexibility index (Phi) is 7.02. The predicted octanol–water partition coefficient (Wildman–Crippen LogP) is 3.27. The number of alkyl halides is 3. The van der Waals surface area contributed by atoms with Crippen LogP contribution in [0.25, 0.3) is 0 Å². The molecule has 0 radical (unpaired) electrons. The summed E-state index contributed by atoms with van der Waals surface area (Å²) >= 11 is 0. The Hall–Kier alpha value is -2.09. The van der Waals surface area contributed by atoms with E-state index in [9.17, 15) is 22.8 Å². The molecule has 0 aliphatic heterocycles. The lowest BCUT2D eigenvalue weighted by atomic mass is 9.81. The van der Waals surface area contributed by atoms with Gasteiger partial charge >= 0.3 is 12.1 Å². The van der Waals surface area contributed by atoms with E-state index in [-0.39, 0.29) is 24.3 Å². The molecule has 0 atom stereocenters. The molecule has 0 aromatic heterocycles. The maximum Gasteiger partial charge on any atom is 0.411 e. The summed E-state index contributed by atoms with van der Waals surface area (Å²) in [7, 11) is 0. The van der Waals surface area contributed by atoms with Crippen LogP contribution in [-0.4, -0.2) is 29.8 Å². The van der Waals surface area contributed by atoms with Crippen molar-refractivity contribution in [2.75, 3.05) is 6.61 Å². The van der Waals surface area contributed by atoms with E-state index in [0.717, 1.165) is 5.56 Å². The van der Waals surface area contributed by atoms with Crippen LogP contribution in [0.5, 0.6) is 0 Å². The van der Waals surface area contributed by atoms with Gasteiger partial charge < -0.3 is 15.2 Å². The number of carboxylic acid groups (broad SMARTS) is 1. The number of amides is 1. The van der Waals surface area contributed by atoms with Gasteiger partial charge in [0.15, 0.2) is 0 Å². The van der Waals surface area contributed by atoms with Crippen molar-refractivity contribution in [1.82, 2.24) is 5.32 Å². The molecular formula is C18H22F3NO4. The van der Waals surface area contributed by atoms with E-state index in [4.69, 9.17) is 5.11 Å². The SMILES string of the molecule is O=C(O)C1CCC(C(=O)NCc2ccc(COCC(F)(F)F)cc2)CC1. The first-order chi connectivity index (χ1) is 12.2. The van der Waals surface area contributed by atoms with Gasteiger partial charge in [-0.2, -0.15) is 13.2 Å². The number of carbonyl (C=O) groups is 2. The number of halogens is 3. The largest absolute Gasteiger partial charge is 0.481 e. The lowest BCUT2D eigenvalue weighted by Gasteiger charge is -2.25. The van der Waals surface area contributed by atoms with Gasteiger partial charge in [-0.1, -0.05) is 24.3 Å². The zero-order valence-electron chi connectivity index (χ0n) is 14.2. The van der Waals surface area contributed by atoms with Gasteiger partial charge in [0.2, 0.25) is 5.91 Å². The molecule has 1 aromatic rings. The van der Waals surface area contributed by atoms with E-state index < -0.39 is 18.8 Å². The van der Waals surface area contributed by atoms with Crippen molar-refractivity contribution in [3.63, 3.8) is 0 Å². The quantitative estimate of drug-likeness (QED) is 0.769. The molecule has 26 heavy (non-hydrogen) atoms. The Morgan fingerprint density at radius 2 is 1.58 bits per heavy atom. The minimum Gasteiger partial charge on any atom is -0.481 e. The Balaban J connectivity index is 1.72. The molecule has 0 bridgehead atoms. The monoisotopic (exact) mass is 373 g/mol. The van der Waals surface area contributed by atoms with Crippen molar-refractivity contribution in [3.05, 3.63) is 35.4 Å². The minimum atomic E-state index is -4.34. The van der Waals surface area contributed by atoms with Gasteiger partial charge in [0.25, 0.3) is 0 Å². The zero-order chi connectivity index (χ0) is 19.2. The highest BCUT2D eigenvalue weighted by atomic mass is 19.4. The molecule has 1 aliphatic rings. The van der Waals surface area contributed by atoms with Gasteiger partial charge in [0.1, 0.15) is 6.61 Å². The molecule has 2 N–H and O–H groups in total. The maximum absolute atomic E-state index is 12.2. The number of ether oxygens (including phenoxy) is 1. The molecule has 8 heteroatoms.